The molecule has 2 aromatic carbocycles. The minimum atomic E-state index is -0.329. The minimum absolute atomic E-state index is 0.105. The van der Waals surface area contributed by atoms with Crippen LogP contribution in [0.5, 0.6) is 0 Å². The van der Waals surface area contributed by atoms with Crippen LogP contribution in [0.1, 0.15) is 173 Å². The molecule has 1 aliphatic carbocycles. The Kier molecular flexibility index (Phi) is 21.8. The Balaban J connectivity index is 1.25. The number of likely N-dealkylation sites (N-methyl/N-ethyl adjacent to an activating group) is 2. The van der Waals surface area contributed by atoms with Crippen LogP contribution in [0, 0.1) is 0 Å². The number of anilines is 3. The lowest BCUT2D eigenvalue weighted by Gasteiger charge is -2.32. The Morgan fingerprint density at radius 3 is 1.73 bits per heavy atom. The van der Waals surface area contributed by atoms with Gasteiger partial charge in [0.25, 0.3) is 0 Å². The van der Waals surface area contributed by atoms with E-state index in [1.54, 1.807) is 0 Å². The van der Waals surface area contributed by atoms with Gasteiger partial charge in [-0.1, -0.05) is 122 Å². The predicted octanol–water partition coefficient (Wildman–Crippen LogP) is 9.83. The van der Waals surface area contributed by atoms with E-state index in [4.69, 9.17) is 0 Å². The molecule has 0 radical (unpaired) electrons. The smallest absolute Gasteiger partial charge is 0.225 e. The van der Waals surface area contributed by atoms with Gasteiger partial charge < -0.3 is 20.6 Å². The summed E-state index contributed by atoms with van der Waals surface area (Å²) in [5, 5.41) is 22.1. The number of rotatable bonds is 31. The number of nitrogens with one attached hydrogen (secondary N) is 2. The Bertz CT molecular complexity index is 1960. The molecule has 0 saturated carbocycles. The second kappa shape index (κ2) is 27.2. The number of ketones is 1. The second-order valence-electron chi connectivity index (χ2n) is 17.6. The van der Waals surface area contributed by atoms with Crippen molar-refractivity contribution in [3.8, 4) is 0 Å². The van der Waals surface area contributed by atoms with E-state index in [0.29, 0.717) is 35.0 Å². The molecule has 2 heterocycles. The summed E-state index contributed by atoms with van der Waals surface area (Å²) in [6.45, 7) is 12.1. The van der Waals surface area contributed by atoms with Crippen molar-refractivity contribution in [2.45, 2.75) is 169 Å². The number of thioether (sulfide) groups is 2. The number of amides is 2. The van der Waals surface area contributed by atoms with Gasteiger partial charge in [-0.2, -0.15) is 23.5 Å². The van der Waals surface area contributed by atoms with Crippen molar-refractivity contribution >= 4 is 69.3 Å². The van der Waals surface area contributed by atoms with Gasteiger partial charge in [0.1, 0.15) is 13.1 Å². The lowest BCUT2D eigenvalue weighted by Crippen LogP contribution is -2.36. The van der Waals surface area contributed by atoms with Gasteiger partial charge in [-0.05, 0) is 68.4 Å². The summed E-state index contributed by atoms with van der Waals surface area (Å²) < 4.78 is 2.28. The summed E-state index contributed by atoms with van der Waals surface area (Å²) in [7, 11) is 0. The molecule has 2 N–H and O–H groups in total. The molecular weight excluding hydrogens is 809 g/mol. The summed E-state index contributed by atoms with van der Waals surface area (Å²) >= 11 is 3.65. The highest BCUT2D eigenvalue weighted by molar-refractivity contribution is 7.99. The van der Waals surface area contributed by atoms with Crippen LogP contribution in [0.25, 0.3) is 11.1 Å². The van der Waals surface area contributed by atoms with Gasteiger partial charge in [-0.15, -0.1) is 0 Å². The highest BCUT2D eigenvalue weighted by atomic mass is 32.2. The third-order valence-electron chi connectivity index (χ3n) is 12.9. The number of hydrogen-bond acceptors (Lipinski definition) is 7. The van der Waals surface area contributed by atoms with E-state index < -0.39 is 0 Å². The van der Waals surface area contributed by atoms with E-state index >= 15 is 0 Å². The average molecular weight is 887 g/mol. The monoisotopic (exact) mass is 887 g/mol. The van der Waals surface area contributed by atoms with Gasteiger partial charge in [0.2, 0.25) is 17.2 Å². The Morgan fingerprint density at radius 1 is 0.645 bits per heavy atom. The number of carbonyl (C=O) groups is 3. The highest BCUT2D eigenvalue weighted by Crippen LogP contribution is 2.42. The Labute approximate surface area is 382 Å². The fourth-order valence-electron chi connectivity index (χ4n) is 9.16. The number of benzene rings is 2. The van der Waals surface area contributed by atoms with Gasteiger partial charge >= 0.3 is 0 Å². The molecule has 62 heavy (non-hydrogen) atoms. The minimum Gasteiger partial charge on any atom is -0.871 e. The molecule has 0 saturated heterocycles. The van der Waals surface area contributed by atoms with E-state index in [1.807, 2.05) is 47.8 Å². The van der Waals surface area contributed by atoms with Crippen LogP contribution in [0.4, 0.5) is 17.1 Å². The van der Waals surface area contributed by atoms with Crippen molar-refractivity contribution in [1.82, 2.24) is 4.58 Å². The zero-order chi connectivity index (χ0) is 44.1. The summed E-state index contributed by atoms with van der Waals surface area (Å²) in [6.07, 6.45) is 25.8. The van der Waals surface area contributed by atoms with Gasteiger partial charge in [0.15, 0.2) is 5.78 Å². The van der Waals surface area contributed by atoms with E-state index in [-0.39, 0.29) is 34.5 Å². The summed E-state index contributed by atoms with van der Waals surface area (Å²) in [4.78, 5) is 43.4. The van der Waals surface area contributed by atoms with Crippen LogP contribution in [0.2, 0.25) is 0 Å². The van der Waals surface area contributed by atoms with Crippen molar-refractivity contribution in [2.75, 3.05) is 64.7 Å². The molecule has 0 atom stereocenters. The van der Waals surface area contributed by atoms with Gasteiger partial charge in [0, 0.05) is 83.1 Å². The molecule has 0 spiro atoms. The summed E-state index contributed by atoms with van der Waals surface area (Å²) in [6, 6.07) is 7.85. The van der Waals surface area contributed by atoms with Crippen LogP contribution in [-0.4, -0.2) is 66.8 Å². The summed E-state index contributed by atoms with van der Waals surface area (Å²) in [5.41, 5.74) is 5.00. The topological polar surface area (TPSA) is 105 Å². The fourth-order valence-corrected chi connectivity index (χ4v) is 11.0. The van der Waals surface area contributed by atoms with Crippen molar-refractivity contribution < 1.29 is 19.5 Å². The van der Waals surface area contributed by atoms with Crippen molar-refractivity contribution in [2.24, 2.45) is 0 Å². The van der Waals surface area contributed by atoms with E-state index in [0.717, 1.165) is 84.2 Å². The number of fused-ring (bicyclic) bond motifs is 2. The maximum atomic E-state index is 14.3. The second-order valence-corrected chi connectivity index (χ2v) is 20.0. The van der Waals surface area contributed by atoms with Gasteiger partial charge in [-0.25, -0.2) is 4.58 Å². The zero-order valence-corrected chi connectivity index (χ0v) is 40.5. The molecule has 0 bridgehead atoms. The number of carbonyl (C=O) groups excluding carboxylic acids is 3. The molecule has 0 fully saturated rings. The van der Waals surface area contributed by atoms with Gasteiger partial charge in [-0.3, -0.25) is 14.4 Å². The lowest BCUT2D eigenvalue weighted by atomic mass is 9.80. The number of allylic oxidation sites excluding steroid dienone is 2. The van der Waals surface area contributed by atoms with Crippen molar-refractivity contribution in [3.05, 3.63) is 57.3 Å². The molecule has 2 aromatic rings. The lowest BCUT2D eigenvalue weighted by molar-refractivity contribution is -0.292. The Morgan fingerprint density at radius 2 is 1.19 bits per heavy atom. The molecule has 2 amide bonds. The number of hydrogen-bond donors (Lipinski definition) is 2. The normalized spacial score (nSPS) is 15.3. The van der Waals surface area contributed by atoms with E-state index in [2.05, 4.69) is 47.8 Å². The van der Waals surface area contributed by atoms with Crippen molar-refractivity contribution in [3.63, 3.8) is 0 Å². The van der Waals surface area contributed by atoms with Crippen LogP contribution >= 0.6 is 23.5 Å². The standard InChI is InChI=1S/C52H78N4O4S2/c1-5-9-11-13-15-17-19-21-23-31-61-33-27-47(57)53-43-37-45-39(25-29-55(45)7-3)35-41(43)49-51(59)50(52(49)60)42-36-40-26-30-56(8-4)46(40)38-44(42)54-48(58)28-34-62-32-24-22-20-18-16-14-12-10-6-2/h35-38H,5-34H2,1-4H3,(H2,53,54,57,58,59,60). The number of Topliss-reactive ketones (excluding diaryl/α,β-unsaturated/α-hetero) is 1. The van der Waals surface area contributed by atoms with E-state index in [9.17, 15) is 19.5 Å². The first kappa shape index (κ1) is 49.8. The molecule has 3 aliphatic rings. The molecular formula is C52H78N4O4S2. The van der Waals surface area contributed by atoms with Crippen LogP contribution in [-0.2, 0) is 27.2 Å². The number of unbranched alkanes of at least 4 members (excludes halogenated alkanes) is 16. The fraction of sp³-hybridized carbons (Fsp3) is 0.654. The van der Waals surface area contributed by atoms with E-state index in [1.165, 1.54) is 116 Å². The Hall–Kier alpha value is -3.24. The van der Waals surface area contributed by atoms with Crippen LogP contribution < -0.4 is 35.8 Å². The van der Waals surface area contributed by atoms with Crippen molar-refractivity contribution in [1.29, 1.82) is 0 Å². The molecule has 2 aliphatic heterocycles. The summed E-state index contributed by atoms with van der Waals surface area (Å²) in [5.74, 6) is 2.70. The predicted molar refractivity (Wildman–Crippen MR) is 265 cm³/mol. The maximum Gasteiger partial charge on any atom is 0.225 e. The SMILES string of the molecule is CCCCCCCCCCCSCCC(=O)Nc1cc2c(cc1C1=C([O-])/C(=c3/cc4c(cc3NC(=O)CCSCCCCCCCCCCC)=[N+](CC)CC4)C1=O)CCN2CC. The third-order valence-corrected chi connectivity index (χ3v) is 15.1. The zero-order valence-electron chi connectivity index (χ0n) is 38.9. The first-order chi connectivity index (χ1) is 30.3. The largest absolute Gasteiger partial charge is 0.871 e. The molecule has 0 aromatic heterocycles. The van der Waals surface area contributed by atoms with Crippen LogP contribution in [0.15, 0.2) is 30.0 Å². The van der Waals surface area contributed by atoms with Crippen LogP contribution in [0.3, 0.4) is 0 Å². The van der Waals surface area contributed by atoms with Gasteiger partial charge in [0.05, 0.1) is 11.4 Å². The molecule has 10 heteroatoms. The quantitative estimate of drug-likeness (QED) is 0.0574. The maximum absolute atomic E-state index is 14.3. The highest BCUT2D eigenvalue weighted by Gasteiger charge is 2.34. The first-order valence-corrected chi connectivity index (χ1v) is 27.0. The molecule has 0 unspecified atom stereocenters. The molecule has 342 valence electrons. The first-order valence-electron chi connectivity index (χ1n) is 24.7. The third kappa shape index (κ3) is 14.4. The molecule has 8 nitrogen and oxygen atoms in total. The molecule has 5 rings (SSSR count). The average Bonchev–Trinajstić information content (AvgIpc) is 3.87. The number of nitrogens with zero attached hydrogens (tertiary/aromatic N) is 2.